The molecule has 0 spiro atoms. The van der Waals surface area contributed by atoms with E-state index in [4.69, 9.17) is 10.9 Å². The average Bonchev–Trinajstić information content (AvgIpc) is 2.43. The van der Waals surface area contributed by atoms with Gasteiger partial charge in [0.05, 0.1) is 0 Å². The van der Waals surface area contributed by atoms with Crippen LogP contribution in [0.25, 0.3) is 0 Å². The van der Waals surface area contributed by atoms with E-state index in [2.05, 4.69) is 5.16 Å². The number of amidine groups is 1. The maximum Gasteiger partial charge on any atom is 0.253 e. The number of amides is 1. The fourth-order valence-corrected chi connectivity index (χ4v) is 1.64. The highest BCUT2D eigenvalue weighted by molar-refractivity contribution is 5.94. The van der Waals surface area contributed by atoms with Gasteiger partial charge in [0.1, 0.15) is 5.84 Å². The minimum absolute atomic E-state index is 0.0457. The normalized spacial score (nSPS) is 13.1. The molecule has 1 unspecified atom stereocenters. The topological polar surface area (TPSA) is 78.9 Å². The third-order valence-corrected chi connectivity index (χ3v) is 2.80. The van der Waals surface area contributed by atoms with Crippen molar-refractivity contribution in [3.05, 3.63) is 35.9 Å². The van der Waals surface area contributed by atoms with Crippen molar-refractivity contribution in [3.8, 4) is 0 Å². The second-order valence-electron chi connectivity index (χ2n) is 4.14. The molecule has 18 heavy (non-hydrogen) atoms. The summed E-state index contributed by atoms with van der Waals surface area (Å²) in [5.74, 6) is -0.0902. The molecule has 0 saturated heterocycles. The number of rotatable bonds is 5. The van der Waals surface area contributed by atoms with Gasteiger partial charge in [0.15, 0.2) is 0 Å². The van der Waals surface area contributed by atoms with Crippen LogP contribution in [-0.2, 0) is 0 Å². The molecule has 1 atom stereocenters. The lowest BCUT2D eigenvalue weighted by Crippen LogP contribution is -2.38. The first kappa shape index (κ1) is 14.0. The van der Waals surface area contributed by atoms with E-state index < -0.39 is 0 Å². The molecule has 0 bridgehead atoms. The zero-order chi connectivity index (χ0) is 13.5. The van der Waals surface area contributed by atoms with E-state index in [1.165, 1.54) is 0 Å². The molecular weight excluding hydrogens is 230 g/mol. The van der Waals surface area contributed by atoms with Gasteiger partial charge in [0.2, 0.25) is 0 Å². The van der Waals surface area contributed by atoms with Crippen molar-refractivity contribution in [1.29, 1.82) is 0 Å². The van der Waals surface area contributed by atoms with E-state index >= 15 is 0 Å². The van der Waals surface area contributed by atoms with Crippen LogP contribution in [-0.4, -0.2) is 34.9 Å². The van der Waals surface area contributed by atoms with Crippen molar-refractivity contribution in [1.82, 2.24) is 4.90 Å². The highest BCUT2D eigenvalue weighted by Crippen LogP contribution is 2.07. The van der Waals surface area contributed by atoms with Gasteiger partial charge in [-0.3, -0.25) is 4.79 Å². The number of benzene rings is 1. The molecule has 0 aromatic heterocycles. The molecular formula is C13H19N3O2. The van der Waals surface area contributed by atoms with Crippen molar-refractivity contribution >= 4 is 11.7 Å². The predicted molar refractivity (Wildman–Crippen MR) is 70.6 cm³/mol. The predicted octanol–water partition coefficient (Wildman–Crippen LogP) is 1.53. The average molecular weight is 249 g/mol. The number of carbonyl (C=O) groups excluding carboxylic acids is 1. The van der Waals surface area contributed by atoms with Gasteiger partial charge in [-0.15, -0.1) is 0 Å². The maximum absolute atomic E-state index is 12.2. The second-order valence-corrected chi connectivity index (χ2v) is 4.14. The number of nitrogens with two attached hydrogens (primary N) is 1. The molecule has 1 amide bonds. The Morgan fingerprint density at radius 2 is 2.06 bits per heavy atom. The minimum Gasteiger partial charge on any atom is -0.409 e. The van der Waals surface area contributed by atoms with E-state index in [0.29, 0.717) is 18.7 Å². The second kappa shape index (κ2) is 6.64. The largest absolute Gasteiger partial charge is 0.409 e. The number of carbonyl (C=O) groups is 1. The summed E-state index contributed by atoms with van der Waals surface area (Å²) in [6.07, 6.45) is 0. The summed E-state index contributed by atoms with van der Waals surface area (Å²) in [5.41, 5.74) is 6.16. The first-order valence-corrected chi connectivity index (χ1v) is 5.91. The fourth-order valence-electron chi connectivity index (χ4n) is 1.64. The van der Waals surface area contributed by atoms with Crippen LogP contribution in [0.5, 0.6) is 0 Å². The van der Waals surface area contributed by atoms with Crippen molar-refractivity contribution in [2.45, 2.75) is 13.8 Å². The molecule has 0 radical (unpaired) electrons. The van der Waals surface area contributed by atoms with Crippen molar-refractivity contribution < 1.29 is 10.0 Å². The van der Waals surface area contributed by atoms with Gasteiger partial charge in [-0.1, -0.05) is 30.3 Å². The van der Waals surface area contributed by atoms with Crippen LogP contribution in [0.2, 0.25) is 0 Å². The summed E-state index contributed by atoms with van der Waals surface area (Å²) in [5, 5.41) is 11.6. The standard InChI is InChI=1S/C13H19N3O2/c1-3-16(9-10(2)12(14)15-18)13(17)11-7-5-4-6-8-11/h4-8,10,18H,3,9H2,1-2H3,(H2,14,15). The minimum atomic E-state index is -0.178. The number of hydrogen-bond acceptors (Lipinski definition) is 3. The monoisotopic (exact) mass is 249 g/mol. The summed E-state index contributed by atoms with van der Waals surface area (Å²) >= 11 is 0. The Kier molecular flexibility index (Phi) is 5.17. The van der Waals surface area contributed by atoms with Crippen LogP contribution >= 0.6 is 0 Å². The molecule has 98 valence electrons. The Bertz CT molecular complexity index is 418. The van der Waals surface area contributed by atoms with Crippen LogP contribution in [0.3, 0.4) is 0 Å². The molecule has 0 aliphatic heterocycles. The summed E-state index contributed by atoms with van der Waals surface area (Å²) in [7, 11) is 0. The molecule has 5 heteroatoms. The molecule has 1 rings (SSSR count). The summed E-state index contributed by atoms with van der Waals surface area (Å²) in [4.78, 5) is 13.9. The summed E-state index contributed by atoms with van der Waals surface area (Å²) in [6, 6.07) is 9.08. The first-order chi connectivity index (χ1) is 8.60. The summed E-state index contributed by atoms with van der Waals surface area (Å²) in [6.45, 7) is 4.73. The molecule has 0 aliphatic carbocycles. The lowest BCUT2D eigenvalue weighted by Gasteiger charge is -2.24. The third kappa shape index (κ3) is 3.48. The van der Waals surface area contributed by atoms with Gasteiger partial charge in [-0.05, 0) is 19.1 Å². The summed E-state index contributed by atoms with van der Waals surface area (Å²) < 4.78 is 0. The third-order valence-electron chi connectivity index (χ3n) is 2.80. The number of oxime groups is 1. The number of nitrogens with zero attached hydrogens (tertiary/aromatic N) is 2. The quantitative estimate of drug-likeness (QED) is 0.359. The Morgan fingerprint density at radius 3 is 2.56 bits per heavy atom. The SMILES string of the molecule is CCN(CC(C)C(N)=NO)C(=O)c1ccccc1. The Morgan fingerprint density at radius 1 is 1.44 bits per heavy atom. The van der Waals surface area contributed by atoms with E-state index in [-0.39, 0.29) is 17.7 Å². The highest BCUT2D eigenvalue weighted by Gasteiger charge is 2.18. The van der Waals surface area contributed by atoms with Crippen molar-refractivity contribution in [2.24, 2.45) is 16.8 Å². The van der Waals surface area contributed by atoms with Crippen LogP contribution in [0.15, 0.2) is 35.5 Å². The van der Waals surface area contributed by atoms with E-state index in [1.54, 1.807) is 17.0 Å². The Labute approximate surface area is 107 Å². The Hall–Kier alpha value is -2.04. The zero-order valence-corrected chi connectivity index (χ0v) is 10.7. The number of hydrogen-bond donors (Lipinski definition) is 2. The van der Waals surface area contributed by atoms with Crippen LogP contribution in [0.1, 0.15) is 24.2 Å². The van der Waals surface area contributed by atoms with Gasteiger partial charge < -0.3 is 15.8 Å². The van der Waals surface area contributed by atoms with Gasteiger partial charge >= 0.3 is 0 Å². The molecule has 0 heterocycles. The zero-order valence-electron chi connectivity index (χ0n) is 10.7. The van der Waals surface area contributed by atoms with Gasteiger partial charge in [-0.25, -0.2) is 0 Å². The van der Waals surface area contributed by atoms with E-state index in [0.717, 1.165) is 0 Å². The molecule has 0 saturated carbocycles. The lowest BCUT2D eigenvalue weighted by atomic mass is 10.1. The smallest absolute Gasteiger partial charge is 0.253 e. The maximum atomic E-state index is 12.2. The van der Waals surface area contributed by atoms with Gasteiger partial charge in [0.25, 0.3) is 5.91 Å². The van der Waals surface area contributed by atoms with Crippen molar-refractivity contribution in [2.75, 3.05) is 13.1 Å². The van der Waals surface area contributed by atoms with Crippen molar-refractivity contribution in [3.63, 3.8) is 0 Å². The molecule has 0 aliphatic rings. The van der Waals surface area contributed by atoms with E-state index in [9.17, 15) is 4.79 Å². The van der Waals surface area contributed by atoms with Gasteiger partial charge in [0, 0.05) is 24.6 Å². The first-order valence-electron chi connectivity index (χ1n) is 5.91. The fraction of sp³-hybridized carbons (Fsp3) is 0.385. The molecule has 0 fully saturated rings. The molecule has 1 aromatic carbocycles. The van der Waals surface area contributed by atoms with Crippen LogP contribution in [0.4, 0.5) is 0 Å². The van der Waals surface area contributed by atoms with Gasteiger partial charge in [-0.2, -0.15) is 0 Å². The highest BCUT2D eigenvalue weighted by atomic mass is 16.4. The van der Waals surface area contributed by atoms with Crippen LogP contribution < -0.4 is 5.73 Å². The Balaban J connectivity index is 2.76. The molecule has 3 N–H and O–H groups in total. The lowest BCUT2D eigenvalue weighted by molar-refractivity contribution is 0.0754. The molecule has 5 nitrogen and oxygen atoms in total. The van der Waals surface area contributed by atoms with E-state index in [1.807, 2.05) is 32.0 Å². The van der Waals surface area contributed by atoms with Crippen LogP contribution in [0, 0.1) is 5.92 Å². The molecule has 1 aromatic rings.